The SMILES string of the molecule is NCC(O)c1c(Cl)ccc(O)c1F. The maximum absolute atomic E-state index is 13.1. The van der Waals surface area contributed by atoms with Crippen LogP contribution in [0.15, 0.2) is 12.1 Å². The molecule has 13 heavy (non-hydrogen) atoms. The molecule has 1 rings (SSSR count). The fraction of sp³-hybridized carbons (Fsp3) is 0.250. The highest BCUT2D eigenvalue weighted by Crippen LogP contribution is 2.30. The Labute approximate surface area is 79.6 Å². The van der Waals surface area contributed by atoms with E-state index in [1.165, 1.54) is 6.07 Å². The Balaban J connectivity index is 3.25. The molecule has 1 unspecified atom stereocenters. The molecule has 3 nitrogen and oxygen atoms in total. The molecule has 0 aliphatic rings. The summed E-state index contributed by atoms with van der Waals surface area (Å²) in [5.41, 5.74) is 4.97. The van der Waals surface area contributed by atoms with Crippen LogP contribution in [-0.2, 0) is 0 Å². The van der Waals surface area contributed by atoms with Gasteiger partial charge in [-0.25, -0.2) is 4.39 Å². The average molecular weight is 206 g/mol. The molecule has 1 aromatic carbocycles. The predicted molar refractivity (Wildman–Crippen MR) is 47.1 cm³/mol. The van der Waals surface area contributed by atoms with Gasteiger partial charge < -0.3 is 15.9 Å². The molecule has 0 radical (unpaired) electrons. The summed E-state index contributed by atoms with van der Waals surface area (Å²) in [4.78, 5) is 0. The van der Waals surface area contributed by atoms with Gasteiger partial charge in [0.1, 0.15) is 0 Å². The molecule has 1 atom stereocenters. The van der Waals surface area contributed by atoms with Gasteiger partial charge in [0, 0.05) is 17.1 Å². The van der Waals surface area contributed by atoms with Crippen molar-refractivity contribution in [2.24, 2.45) is 5.73 Å². The van der Waals surface area contributed by atoms with Crippen molar-refractivity contribution in [3.63, 3.8) is 0 Å². The van der Waals surface area contributed by atoms with Gasteiger partial charge in [-0.15, -0.1) is 0 Å². The first-order valence-electron chi connectivity index (χ1n) is 3.63. The minimum atomic E-state index is -1.19. The molecule has 1 aromatic rings. The number of aliphatic hydroxyl groups is 1. The number of rotatable bonds is 2. The number of phenols is 1. The Morgan fingerprint density at radius 1 is 1.54 bits per heavy atom. The van der Waals surface area contributed by atoms with Gasteiger partial charge in [0.25, 0.3) is 0 Å². The largest absolute Gasteiger partial charge is 0.505 e. The Kier molecular flexibility index (Phi) is 3.08. The number of hydrogen-bond donors (Lipinski definition) is 3. The van der Waals surface area contributed by atoms with E-state index in [-0.39, 0.29) is 17.1 Å². The number of nitrogens with two attached hydrogens (primary N) is 1. The first-order valence-corrected chi connectivity index (χ1v) is 4.00. The van der Waals surface area contributed by atoms with E-state index in [0.717, 1.165) is 6.07 Å². The molecule has 0 bridgehead atoms. The quantitative estimate of drug-likeness (QED) is 0.679. The van der Waals surface area contributed by atoms with E-state index in [9.17, 15) is 9.50 Å². The van der Waals surface area contributed by atoms with Gasteiger partial charge in [-0.05, 0) is 12.1 Å². The van der Waals surface area contributed by atoms with Gasteiger partial charge in [0.15, 0.2) is 11.6 Å². The molecule has 0 saturated carbocycles. The summed E-state index contributed by atoms with van der Waals surface area (Å²) in [6.45, 7) is -0.153. The minimum Gasteiger partial charge on any atom is -0.505 e. The van der Waals surface area contributed by atoms with E-state index < -0.39 is 17.7 Å². The van der Waals surface area contributed by atoms with Gasteiger partial charge >= 0.3 is 0 Å². The number of hydrogen-bond acceptors (Lipinski definition) is 3. The van der Waals surface area contributed by atoms with Crippen molar-refractivity contribution in [3.8, 4) is 5.75 Å². The van der Waals surface area contributed by atoms with Gasteiger partial charge in [-0.1, -0.05) is 11.6 Å². The zero-order valence-electron chi connectivity index (χ0n) is 6.67. The lowest BCUT2D eigenvalue weighted by molar-refractivity contribution is 0.181. The second-order valence-electron chi connectivity index (χ2n) is 2.55. The maximum Gasteiger partial charge on any atom is 0.172 e. The smallest absolute Gasteiger partial charge is 0.172 e. The van der Waals surface area contributed by atoms with Gasteiger partial charge in [0.05, 0.1) is 6.10 Å². The Morgan fingerprint density at radius 2 is 2.15 bits per heavy atom. The highest BCUT2D eigenvalue weighted by Gasteiger charge is 2.18. The standard InChI is InChI=1S/C8H9ClFNO2/c9-4-1-2-5(12)8(10)7(4)6(13)3-11/h1-2,6,12-13H,3,11H2. The number of aliphatic hydroxyl groups excluding tert-OH is 1. The van der Waals surface area contributed by atoms with E-state index in [1.807, 2.05) is 0 Å². The van der Waals surface area contributed by atoms with Crippen molar-refractivity contribution in [2.75, 3.05) is 6.54 Å². The van der Waals surface area contributed by atoms with Crippen molar-refractivity contribution in [1.29, 1.82) is 0 Å². The summed E-state index contributed by atoms with van der Waals surface area (Å²) in [6.07, 6.45) is -1.19. The third kappa shape index (κ3) is 1.91. The molecule has 0 saturated heterocycles. The molecule has 0 heterocycles. The summed E-state index contributed by atoms with van der Waals surface area (Å²) < 4.78 is 13.1. The Morgan fingerprint density at radius 3 is 2.69 bits per heavy atom. The number of benzene rings is 1. The Hall–Kier alpha value is -0.840. The lowest BCUT2D eigenvalue weighted by Gasteiger charge is -2.11. The van der Waals surface area contributed by atoms with Crippen molar-refractivity contribution >= 4 is 11.6 Å². The fourth-order valence-corrected chi connectivity index (χ4v) is 1.25. The van der Waals surface area contributed by atoms with Crippen LogP contribution in [0.4, 0.5) is 4.39 Å². The van der Waals surface area contributed by atoms with E-state index >= 15 is 0 Å². The Bertz CT molecular complexity index is 319. The lowest BCUT2D eigenvalue weighted by atomic mass is 10.1. The normalized spacial score (nSPS) is 12.9. The fourth-order valence-electron chi connectivity index (χ4n) is 0.981. The van der Waals surface area contributed by atoms with Gasteiger partial charge in [-0.2, -0.15) is 0 Å². The molecule has 72 valence electrons. The first-order chi connectivity index (χ1) is 6.07. The second-order valence-corrected chi connectivity index (χ2v) is 2.95. The van der Waals surface area contributed by atoms with Crippen LogP contribution in [0, 0.1) is 5.82 Å². The van der Waals surface area contributed by atoms with Crippen LogP contribution in [0.3, 0.4) is 0 Å². The molecule has 0 aromatic heterocycles. The zero-order chi connectivity index (χ0) is 10.0. The van der Waals surface area contributed by atoms with Crippen molar-refractivity contribution < 1.29 is 14.6 Å². The highest BCUT2D eigenvalue weighted by molar-refractivity contribution is 6.31. The van der Waals surface area contributed by atoms with Crippen LogP contribution in [0.2, 0.25) is 5.02 Å². The van der Waals surface area contributed by atoms with Crippen LogP contribution in [0.25, 0.3) is 0 Å². The second kappa shape index (κ2) is 3.91. The van der Waals surface area contributed by atoms with Crippen molar-refractivity contribution in [2.45, 2.75) is 6.10 Å². The summed E-state index contributed by atoms with van der Waals surface area (Å²) in [5, 5.41) is 18.3. The average Bonchev–Trinajstić information content (AvgIpc) is 2.12. The molecular formula is C8H9ClFNO2. The van der Waals surface area contributed by atoms with Crippen LogP contribution in [0.1, 0.15) is 11.7 Å². The maximum atomic E-state index is 13.1. The topological polar surface area (TPSA) is 66.5 Å². The summed E-state index contributed by atoms with van der Waals surface area (Å²) in [5.74, 6) is -1.47. The van der Waals surface area contributed by atoms with Crippen LogP contribution in [0.5, 0.6) is 5.75 Å². The summed E-state index contributed by atoms with van der Waals surface area (Å²) in [7, 11) is 0. The van der Waals surface area contributed by atoms with Crippen LogP contribution >= 0.6 is 11.6 Å². The zero-order valence-corrected chi connectivity index (χ0v) is 7.42. The minimum absolute atomic E-state index is 0.0493. The van der Waals surface area contributed by atoms with Crippen LogP contribution < -0.4 is 5.73 Å². The molecule has 0 fully saturated rings. The highest BCUT2D eigenvalue weighted by atomic mass is 35.5. The molecular weight excluding hydrogens is 197 g/mol. The van der Waals surface area contributed by atoms with Crippen molar-refractivity contribution in [1.82, 2.24) is 0 Å². The molecule has 5 heteroatoms. The molecule has 0 aliphatic carbocycles. The number of aromatic hydroxyl groups is 1. The molecule has 0 amide bonds. The third-order valence-corrected chi connectivity index (χ3v) is 1.99. The molecule has 0 spiro atoms. The monoisotopic (exact) mass is 205 g/mol. The van der Waals surface area contributed by atoms with Gasteiger partial charge in [-0.3, -0.25) is 0 Å². The van der Waals surface area contributed by atoms with E-state index in [4.69, 9.17) is 22.4 Å². The van der Waals surface area contributed by atoms with Crippen molar-refractivity contribution in [3.05, 3.63) is 28.5 Å². The van der Waals surface area contributed by atoms with E-state index in [0.29, 0.717) is 0 Å². The summed E-state index contributed by atoms with van der Waals surface area (Å²) >= 11 is 5.61. The predicted octanol–water partition coefficient (Wildman–Crippen LogP) is 1.18. The number of phenolic OH excluding ortho intramolecular Hbond substituents is 1. The van der Waals surface area contributed by atoms with Crippen LogP contribution in [-0.4, -0.2) is 16.8 Å². The lowest BCUT2D eigenvalue weighted by Crippen LogP contribution is -2.13. The first kappa shape index (κ1) is 10.2. The van der Waals surface area contributed by atoms with E-state index in [1.54, 1.807) is 0 Å². The summed E-state index contributed by atoms with van der Waals surface area (Å²) in [6, 6.07) is 2.42. The number of halogens is 2. The third-order valence-electron chi connectivity index (χ3n) is 1.66. The molecule has 4 N–H and O–H groups in total. The molecule has 0 aliphatic heterocycles. The van der Waals surface area contributed by atoms with E-state index in [2.05, 4.69) is 0 Å². The van der Waals surface area contributed by atoms with Gasteiger partial charge in [0.2, 0.25) is 0 Å².